The Bertz CT molecular complexity index is 743. The second-order valence-corrected chi connectivity index (χ2v) is 6.60. The number of halogens is 2. The molecule has 0 bridgehead atoms. The van der Waals surface area contributed by atoms with Gasteiger partial charge in [0.05, 0.1) is 12.6 Å². The zero-order chi connectivity index (χ0) is 17.4. The summed E-state index contributed by atoms with van der Waals surface area (Å²) in [5.74, 6) is 1.04. The molecule has 0 spiro atoms. The number of anilines is 2. The second kappa shape index (κ2) is 6.68. The van der Waals surface area contributed by atoms with Gasteiger partial charge in [-0.2, -0.15) is 18.7 Å². The summed E-state index contributed by atoms with van der Waals surface area (Å²) in [6, 6.07) is 0.00101. The van der Waals surface area contributed by atoms with Gasteiger partial charge in [-0.15, -0.1) is 0 Å². The van der Waals surface area contributed by atoms with Crippen molar-refractivity contribution in [3.8, 4) is 0 Å². The van der Waals surface area contributed by atoms with Crippen molar-refractivity contribution in [1.82, 2.24) is 24.8 Å². The number of hydrogen-bond acceptors (Lipinski definition) is 7. The first-order chi connectivity index (χ1) is 12.2. The quantitative estimate of drug-likeness (QED) is 0.593. The van der Waals surface area contributed by atoms with Crippen LogP contribution in [0.2, 0.25) is 0 Å². The molecule has 2 aliphatic rings. The SMILES string of the molecule is OC[C@H](Nc1nc(N[C@H]2CCNC2)c2ncn(C(F)F)c2n1)C1CC1. The number of fused-ring (bicyclic) bond motifs is 1. The minimum Gasteiger partial charge on any atom is -0.394 e. The molecule has 1 saturated heterocycles. The minimum atomic E-state index is -2.73. The summed E-state index contributed by atoms with van der Waals surface area (Å²) >= 11 is 0. The molecule has 2 aromatic rings. The van der Waals surface area contributed by atoms with E-state index in [1.165, 1.54) is 0 Å². The van der Waals surface area contributed by atoms with Crippen LogP contribution in [0.15, 0.2) is 6.33 Å². The molecule has 0 unspecified atom stereocenters. The number of nitrogens with zero attached hydrogens (tertiary/aromatic N) is 4. The number of aliphatic hydroxyl groups excluding tert-OH is 1. The summed E-state index contributed by atoms with van der Waals surface area (Å²) in [7, 11) is 0. The summed E-state index contributed by atoms with van der Waals surface area (Å²) in [4.78, 5) is 12.7. The van der Waals surface area contributed by atoms with Crippen LogP contribution in [0.1, 0.15) is 25.8 Å². The molecule has 136 valence electrons. The van der Waals surface area contributed by atoms with Gasteiger partial charge in [-0.3, -0.25) is 4.57 Å². The predicted octanol–water partition coefficient (Wildman–Crippen LogP) is 1.18. The van der Waals surface area contributed by atoms with Crippen molar-refractivity contribution >= 4 is 22.9 Å². The highest BCUT2D eigenvalue weighted by atomic mass is 19.3. The van der Waals surface area contributed by atoms with Gasteiger partial charge in [0.2, 0.25) is 5.95 Å². The van der Waals surface area contributed by atoms with Crippen molar-refractivity contribution < 1.29 is 13.9 Å². The van der Waals surface area contributed by atoms with E-state index in [2.05, 4.69) is 30.9 Å². The van der Waals surface area contributed by atoms with Gasteiger partial charge in [0, 0.05) is 12.6 Å². The van der Waals surface area contributed by atoms with Crippen molar-refractivity contribution in [2.45, 2.75) is 37.9 Å². The van der Waals surface area contributed by atoms with Crippen LogP contribution < -0.4 is 16.0 Å². The topological polar surface area (TPSA) is 99.9 Å². The number of alkyl halides is 2. The molecular formula is C15H21F2N7O. The van der Waals surface area contributed by atoms with E-state index < -0.39 is 6.55 Å². The van der Waals surface area contributed by atoms with E-state index in [4.69, 9.17) is 0 Å². The molecule has 8 nitrogen and oxygen atoms in total. The fraction of sp³-hybridized carbons (Fsp3) is 0.667. The first kappa shape index (κ1) is 16.4. The van der Waals surface area contributed by atoms with E-state index >= 15 is 0 Å². The first-order valence-electron chi connectivity index (χ1n) is 8.53. The fourth-order valence-corrected chi connectivity index (χ4v) is 3.17. The van der Waals surface area contributed by atoms with Gasteiger partial charge in [0.15, 0.2) is 17.0 Å². The highest BCUT2D eigenvalue weighted by Gasteiger charge is 2.31. The Morgan fingerprint density at radius 1 is 1.32 bits per heavy atom. The van der Waals surface area contributed by atoms with E-state index in [9.17, 15) is 13.9 Å². The summed E-state index contributed by atoms with van der Waals surface area (Å²) in [5, 5.41) is 19.1. The Balaban J connectivity index is 1.69. The van der Waals surface area contributed by atoms with Crippen LogP contribution in [0.5, 0.6) is 0 Å². The van der Waals surface area contributed by atoms with E-state index in [0.29, 0.717) is 17.3 Å². The lowest BCUT2D eigenvalue weighted by molar-refractivity contribution is 0.0740. The Labute approximate surface area is 143 Å². The largest absolute Gasteiger partial charge is 0.394 e. The van der Waals surface area contributed by atoms with Crippen molar-refractivity contribution in [2.75, 3.05) is 30.3 Å². The molecule has 1 saturated carbocycles. The average Bonchev–Trinajstić information content (AvgIpc) is 3.13. The summed E-state index contributed by atoms with van der Waals surface area (Å²) in [6.07, 6.45) is 4.07. The lowest BCUT2D eigenvalue weighted by Crippen LogP contribution is -2.28. The third-order valence-corrected chi connectivity index (χ3v) is 4.74. The van der Waals surface area contributed by atoms with Crippen LogP contribution in [0.3, 0.4) is 0 Å². The van der Waals surface area contributed by atoms with Crippen molar-refractivity contribution in [2.24, 2.45) is 5.92 Å². The molecule has 25 heavy (non-hydrogen) atoms. The molecule has 1 aliphatic carbocycles. The van der Waals surface area contributed by atoms with Gasteiger partial charge in [-0.05, 0) is 31.7 Å². The fourth-order valence-electron chi connectivity index (χ4n) is 3.17. The number of nitrogens with one attached hydrogen (secondary N) is 3. The molecule has 4 N–H and O–H groups in total. The molecular weight excluding hydrogens is 332 g/mol. The number of aliphatic hydroxyl groups is 1. The van der Waals surface area contributed by atoms with E-state index in [0.717, 1.165) is 43.2 Å². The predicted molar refractivity (Wildman–Crippen MR) is 88.7 cm³/mol. The Morgan fingerprint density at radius 2 is 2.16 bits per heavy atom. The van der Waals surface area contributed by atoms with Crippen molar-refractivity contribution in [1.29, 1.82) is 0 Å². The molecule has 2 atom stereocenters. The molecule has 3 heterocycles. The maximum Gasteiger partial charge on any atom is 0.321 e. The lowest BCUT2D eigenvalue weighted by atomic mass is 10.2. The van der Waals surface area contributed by atoms with Gasteiger partial charge < -0.3 is 21.1 Å². The molecule has 2 fully saturated rings. The maximum atomic E-state index is 13.2. The number of rotatable bonds is 7. The Hall–Kier alpha value is -2.07. The normalized spacial score (nSPS) is 21.8. The van der Waals surface area contributed by atoms with Gasteiger partial charge >= 0.3 is 6.55 Å². The van der Waals surface area contributed by atoms with Crippen molar-refractivity contribution in [3.63, 3.8) is 0 Å². The lowest BCUT2D eigenvalue weighted by Gasteiger charge is -2.18. The maximum absolute atomic E-state index is 13.2. The van der Waals surface area contributed by atoms with Gasteiger partial charge in [0.1, 0.15) is 6.33 Å². The molecule has 10 heteroatoms. The third-order valence-electron chi connectivity index (χ3n) is 4.74. The van der Waals surface area contributed by atoms with Gasteiger partial charge in [0.25, 0.3) is 0 Å². The summed E-state index contributed by atoms with van der Waals surface area (Å²) < 4.78 is 27.2. The number of aromatic nitrogens is 4. The number of imidazole rings is 1. The van der Waals surface area contributed by atoms with Crippen LogP contribution in [-0.4, -0.2) is 56.4 Å². The molecule has 0 aromatic carbocycles. The minimum absolute atomic E-state index is 0.0462. The second-order valence-electron chi connectivity index (χ2n) is 6.60. The number of hydrogen-bond donors (Lipinski definition) is 4. The molecule has 0 radical (unpaired) electrons. The Morgan fingerprint density at radius 3 is 2.80 bits per heavy atom. The van der Waals surface area contributed by atoms with Crippen LogP contribution in [0.4, 0.5) is 20.5 Å². The third kappa shape index (κ3) is 3.36. The van der Waals surface area contributed by atoms with Crippen molar-refractivity contribution in [3.05, 3.63) is 6.33 Å². The average molecular weight is 353 g/mol. The van der Waals surface area contributed by atoms with Crippen LogP contribution >= 0.6 is 0 Å². The van der Waals surface area contributed by atoms with Crippen LogP contribution in [0, 0.1) is 5.92 Å². The zero-order valence-electron chi connectivity index (χ0n) is 13.6. The Kier molecular flexibility index (Phi) is 4.38. The summed E-state index contributed by atoms with van der Waals surface area (Å²) in [5.41, 5.74) is 0.401. The van der Waals surface area contributed by atoms with Crippen LogP contribution in [0.25, 0.3) is 11.2 Å². The molecule has 0 amide bonds. The van der Waals surface area contributed by atoms with Crippen LogP contribution in [-0.2, 0) is 0 Å². The standard InChI is InChI=1S/C15H21F2N7O/c16-14(17)24-7-19-11-12(20-9-3-4-18-5-9)22-15(23-13(11)24)21-10(6-25)8-1-2-8/h7-10,14,18,25H,1-6H2,(H2,20,21,22,23)/t9-,10-/m0/s1. The van der Waals surface area contributed by atoms with Gasteiger partial charge in [-0.25, -0.2) is 4.98 Å². The summed E-state index contributed by atoms with van der Waals surface area (Å²) in [6.45, 7) is -1.09. The molecule has 1 aliphatic heterocycles. The van der Waals surface area contributed by atoms with E-state index in [1.807, 2.05) is 0 Å². The van der Waals surface area contributed by atoms with Gasteiger partial charge in [-0.1, -0.05) is 0 Å². The molecule has 4 rings (SSSR count). The molecule has 2 aromatic heterocycles. The highest BCUT2D eigenvalue weighted by molar-refractivity contribution is 5.84. The van der Waals surface area contributed by atoms with E-state index in [-0.39, 0.29) is 30.3 Å². The first-order valence-corrected chi connectivity index (χ1v) is 8.53. The highest BCUT2D eigenvalue weighted by Crippen LogP contribution is 2.34. The monoisotopic (exact) mass is 353 g/mol. The van der Waals surface area contributed by atoms with E-state index in [1.54, 1.807) is 0 Å². The smallest absolute Gasteiger partial charge is 0.321 e. The zero-order valence-corrected chi connectivity index (χ0v) is 13.6.